The molecule has 0 bridgehead atoms. The van der Waals surface area contributed by atoms with E-state index in [4.69, 9.17) is 19.7 Å². The SMILES string of the molecule is CC(=O)[C@]1(O)Cc2ccccc2[C@@H](O[C@H]2C[C@H](N=[N+]=[N-])[C@@H](OCc3ccccc3)[C@H](C)O2)C1. The molecular weight excluding hydrogens is 422 g/mol. The zero-order valence-corrected chi connectivity index (χ0v) is 18.8. The normalized spacial score (nSPS) is 31.3. The lowest BCUT2D eigenvalue weighted by Gasteiger charge is -2.42. The topological polar surface area (TPSA) is 114 Å². The highest BCUT2D eigenvalue weighted by Gasteiger charge is 2.44. The van der Waals surface area contributed by atoms with E-state index in [1.165, 1.54) is 6.92 Å². The number of Topliss-reactive ketones (excluding diaryl/α,β-unsaturated/α-hetero) is 1. The van der Waals surface area contributed by atoms with Gasteiger partial charge in [-0.25, -0.2) is 0 Å². The van der Waals surface area contributed by atoms with Crippen LogP contribution in [0.1, 0.15) is 49.5 Å². The summed E-state index contributed by atoms with van der Waals surface area (Å²) in [6.07, 6.45) is -1.27. The monoisotopic (exact) mass is 451 g/mol. The maximum Gasteiger partial charge on any atom is 0.161 e. The number of carbonyl (C=O) groups excluding carboxylic acids is 1. The number of rotatable bonds is 7. The highest BCUT2D eigenvalue weighted by molar-refractivity contribution is 5.85. The number of aliphatic hydroxyl groups is 1. The Hall–Kier alpha value is -2.74. The first-order chi connectivity index (χ1) is 15.9. The highest BCUT2D eigenvalue weighted by Crippen LogP contribution is 2.40. The first kappa shape index (κ1) is 23.4. The Morgan fingerprint density at radius 3 is 2.70 bits per heavy atom. The fourth-order valence-electron chi connectivity index (χ4n) is 4.68. The van der Waals surface area contributed by atoms with Crippen LogP contribution < -0.4 is 0 Å². The second-order valence-corrected chi connectivity index (χ2v) is 8.83. The third-order valence-corrected chi connectivity index (χ3v) is 6.51. The summed E-state index contributed by atoms with van der Waals surface area (Å²) in [5, 5.41) is 14.9. The number of ketones is 1. The zero-order valence-electron chi connectivity index (χ0n) is 18.8. The molecule has 0 spiro atoms. The number of carbonyl (C=O) groups is 1. The summed E-state index contributed by atoms with van der Waals surface area (Å²) >= 11 is 0. The summed E-state index contributed by atoms with van der Waals surface area (Å²) in [7, 11) is 0. The minimum absolute atomic E-state index is 0.147. The van der Waals surface area contributed by atoms with Crippen molar-refractivity contribution in [3.8, 4) is 0 Å². The maximum absolute atomic E-state index is 12.2. The van der Waals surface area contributed by atoms with Gasteiger partial charge in [0.2, 0.25) is 0 Å². The molecule has 2 aromatic rings. The Balaban J connectivity index is 1.49. The molecule has 2 aromatic carbocycles. The van der Waals surface area contributed by atoms with Gasteiger partial charge in [-0.1, -0.05) is 59.7 Å². The van der Waals surface area contributed by atoms with Crippen molar-refractivity contribution in [1.29, 1.82) is 0 Å². The molecule has 0 saturated carbocycles. The van der Waals surface area contributed by atoms with E-state index in [0.717, 1.165) is 16.7 Å². The van der Waals surface area contributed by atoms with Crippen molar-refractivity contribution < 1.29 is 24.1 Å². The number of nitrogens with zero attached hydrogens (tertiary/aromatic N) is 3. The Bertz CT molecular complexity index is 1030. The number of hydrogen-bond acceptors (Lipinski definition) is 6. The lowest BCUT2D eigenvalue weighted by atomic mass is 9.77. The summed E-state index contributed by atoms with van der Waals surface area (Å²) in [6, 6.07) is 16.9. The minimum Gasteiger partial charge on any atom is -0.382 e. The zero-order chi connectivity index (χ0) is 23.4. The van der Waals surface area contributed by atoms with Gasteiger partial charge < -0.3 is 19.3 Å². The predicted molar refractivity (Wildman–Crippen MR) is 121 cm³/mol. The molecule has 0 radical (unpaired) electrons. The summed E-state index contributed by atoms with van der Waals surface area (Å²) in [5.41, 5.74) is 10.5. The van der Waals surface area contributed by atoms with Crippen molar-refractivity contribution >= 4 is 5.78 Å². The molecule has 0 aromatic heterocycles. The number of ether oxygens (including phenoxy) is 3. The van der Waals surface area contributed by atoms with Crippen LogP contribution in [0, 0.1) is 0 Å². The maximum atomic E-state index is 12.2. The smallest absolute Gasteiger partial charge is 0.161 e. The van der Waals surface area contributed by atoms with Crippen LogP contribution in [0.15, 0.2) is 59.7 Å². The van der Waals surface area contributed by atoms with Gasteiger partial charge in [-0.3, -0.25) is 4.79 Å². The van der Waals surface area contributed by atoms with Crippen molar-refractivity contribution in [3.05, 3.63) is 81.7 Å². The van der Waals surface area contributed by atoms with Gasteiger partial charge in [0.05, 0.1) is 31.0 Å². The highest BCUT2D eigenvalue weighted by atomic mass is 16.7. The molecular formula is C25H29N3O5. The third kappa shape index (κ3) is 5.27. The summed E-state index contributed by atoms with van der Waals surface area (Å²) in [4.78, 5) is 15.2. The Morgan fingerprint density at radius 2 is 1.97 bits per heavy atom. The van der Waals surface area contributed by atoms with Gasteiger partial charge in [0.1, 0.15) is 5.60 Å². The van der Waals surface area contributed by atoms with E-state index in [1.807, 2.05) is 61.5 Å². The van der Waals surface area contributed by atoms with Crippen LogP contribution in [0.5, 0.6) is 0 Å². The van der Waals surface area contributed by atoms with E-state index in [9.17, 15) is 9.90 Å². The first-order valence-corrected chi connectivity index (χ1v) is 11.2. The third-order valence-electron chi connectivity index (χ3n) is 6.51. The lowest BCUT2D eigenvalue weighted by molar-refractivity contribution is -0.254. The fraction of sp³-hybridized carbons (Fsp3) is 0.480. The van der Waals surface area contributed by atoms with Gasteiger partial charge in [0.15, 0.2) is 12.1 Å². The fourth-order valence-corrected chi connectivity index (χ4v) is 4.68. The molecule has 33 heavy (non-hydrogen) atoms. The van der Waals surface area contributed by atoms with Gasteiger partial charge in [0, 0.05) is 24.2 Å². The average Bonchev–Trinajstić information content (AvgIpc) is 2.79. The van der Waals surface area contributed by atoms with Gasteiger partial charge in [-0.05, 0) is 36.1 Å². The van der Waals surface area contributed by atoms with Crippen LogP contribution in [0.3, 0.4) is 0 Å². The molecule has 2 aliphatic rings. The molecule has 1 aliphatic heterocycles. The molecule has 6 atom stereocenters. The standard InChI is InChI=1S/C25H29N3O5/c1-16-24(31-15-18-8-4-3-5-9-18)21(27-28-26)12-23(32-16)33-22-14-25(30,17(2)29)13-19-10-6-7-11-20(19)22/h3-11,16,21-24,30H,12-15H2,1-2H3/t16-,21-,22-,23-,24-,25-/m0/s1. The largest absolute Gasteiger partial charge is 0.382 e. The molecule has 1 N–H and O–H groups in total. The Kier molecular flexibility index (Phi) is 7.12. The molecule has 1 heterocycles. The predicted octanol–water partition coefficient (Wildman–Crippen LogP) is 4.41. The second kappa shape index (κ2) is 10.0. The van der Waals surface area contributed by atoms with E-state index in [0.29, 0.717) is 13.0 Å². The quantitative estimate of drug-likeness (QED) is 0.380. The number of azide groups is 1. The molecule has 8 heteroatoms. The minimum atomic E-state index is -1.48. The van der Waals surface area contributed by atoms with Crippen LogP contribution >= 0.6 is 0 Å². The van der Waals surface area contributed by atoms with Crippen molar-refractivity contribution in [2.24, 2.45) is 5.11 Å². The van der Waals surface area contributed by atoms with Crippen molar-refractivity contribution in [3.63, 3.8) is 0 Å². The Labute approximate surface area is 193 Å². The van der Waals surface area contributed by atoms with Crippen LogP contribution in [0.2, 0.25) is 0 Å². The molecule has 1 saturated heterocycles. The van der Waals surface area contributed by atoms with Crippen molar-refractivity contribution in [2.75, 3.05) is 0 Å². The molecule has 0 unspecified atom stereocenters. The Morgan fingerprint density at radius 1 is 1.24 bits per heavy atom. The van der Waals surface area contributed by atoms with Crippen molar-refractivity contribution in [2.45, 2.75) is 76.0 Å². The summed E-state index contributed by atoms with van der Waals surface area (Å²) in [6.45, 7) is 3.64. The number of benzene rings is 2. The average molecular weight is 452 g/mol. The van der Waals surface area contributed by atoms with E-state index in [2.05, 4.69) is 10.0 Å². The van der Waals surface area contributed by atoms with E-state index in [-0.39, 0.29) is 24.7 Å². The second-order valence-electron chi connectivity index (χ2n) is 8.83. The molecule has 1 aliphatic carbocycles. The van der Waals surface area contributed by atoms with Gasteiger partial charge in [-0.15, -0.1) is 0 Å². The summed E-state index contributed by atoms with van der Waals surface area (Å²) in [5.74, 6) is -0.287. The van der Waals surface area contributed by atoms with Crippen LogP contribution in [0.4, 0.5) is 0 Å². The molecule has 4 rings (SSSR count). The molecule has 1 fully saturated rings. The molecule has 0 amide bonds. The van der Waals surface area contributed by atoms with E-state index >= 15 is 0 Å². The first-order valence-electron chi connectivity index (χ1n) is 11.2. The van der Waals surface area contributed by atoms with Gasteiger partial charge in [-0.2, -0.15) is 0 Å². The summed E-state index contributed by atoms with van der Waals surface area (Å²) < 4.78 is 18.5. The van der Waals surface area contributed by atoms with Crippen LogP contribution in [-0.2, 0) is 32.0 Å². The molecule has 174 valence electrons. The number of hydrogen-bond donors (Lipinski definition) is 1. The van der Waals surface area contributed by atoms with Crippen molar-refractivity contribution in [1.82, 2.24) is 0 Å². The lowest BCUT2D eigenvalue weighted by Crippen LogP contribution is -2.49. The van der Waals surface area contributed by atoms with E-state index in [1.54, 1.807) is 0 Å². The molecule has 8 nitrogen and oxygen atoms in total. The van der Waals surface area contributed by atoms with Crippen LogP contribution in [-0.4, -0.2) is 41.0 Å². The van der Waals surface area contributed by atoms with Gasteiger partial charge >= 0.3 is 0 Å². The van der Waals surface area contributed by atoms with E-state index < -0.39 is 30.1 Å². The van der Waals surface area contributed by atoms with Crippen LogP contribution in [0.25, 0.3) is 10.4 Å². The number of fused-ring (bicyclic) bond motifs is 1. The van der Waals surface area contributed by atoms with Gasteiger partial charge in [0.25, 0.3) is 0 Å².